The fourth-order valence-electron chi connectivity index (χ4n) is 5.19. The number of rotatable bonds is 4. The number of amides is 1. The molecule has 8 nitrogen and oxygen atoms in total. The highest BCUT2D eigenvalue weighted by Gasteiger charge is 2.40. The number of nitrogens with zero attached hydrogens (tertiary/aromatic N) is 5. The standard InChI is InChI=1S/C22H32N6O2S/c1-14-12-28-19(24-21(14)26-9-6-15(23)13-26)11-16(25-28)17-5-3-4-8-27(17)22(29)20-18(30-2)7-10-31-20/h11-12,15,17-18,20H,3-10,13,23H2,1-2H3/t15?,17-,18?,20?/m0/s1. The van der Waals surface area contributed by atoms with Crippen LogP contribution in [0.5, 0.6) is 0 Å². The summed E-state index contributed by atoms with van der Waals surface area (Å²) in [6.07, 6.45) is 7.10. The summed E-state index contributed by atoms with van der Waals surface area (Å²) in [5.41, 5.74) is 8.97. The summed E-state index contributed by atoms with van der Waals surface area (Å²) >= 11 is 1.73. The summed E-state index contributed by atoms with van der Waals surface area (Å²) in [4.78, 5) is 22.7. The number of hydrogen-bond acceptors (Lipinski definition) is 7. The van der Waals surface area contributed by atoms with Crippen LogP contribution in [-0.4, -0.2) is 75.3 Å². The average Bonchev–Trinajstić information content (AvgIpc) is 3.51. The molecule has 0 radical (unpaired) electrons. The summed E-state index contributed by atoms with van der Waals surface area (Å²) in [7, 11) is 1.71. The molecule has 2 aromatic heterocycles. The molecule has 5 heterocycles. The van der Waals surface area contributed by atoms with Gasteiger partial charge in [-0.2, -0.15) is 5.10 Å². The quantitative estimate of drug-likeness (QED) is 0.773. The molecule has 0 spiro atoms. The second-order valence-electron chi connectivity index (χ2n) is 9.01. The maximum absolute atomic E-state index is 13.4. The fraction of sp³-hybridized carbons (Fsp3) is 0.682. The van der Waals surface area contributed by atoms with Gasteiger partial charge in [-0.05, 0) is 44.8 Å². The van der Waals surface area contributed by atoms with Gasteiger partial charge in [0.25, 0.3) is 0 Å². The predicted octanol–water partition coefficient (Wildman–Crippen LogP) is 2.15. The van der Waals surface area contributed by atoms with E-state index in [9.17, 15) is 4.79 Å². The number of likely N-dealkylation sites (tertiary alicyclic amines) is 1. The zero-order valence-electron chi connectivity index (χ0n) is 18.4. The first-order valence-corrected chi connectivity index (χ1v) is 12.4. The number of aromatic nitrogens is 3. The van der Waals surface area contributed by atoms with E-state index in [4.69, 9.17) is 20.6 Å². The van der Waals surface area contributed by atoms with Crippen molar-refractivity contribution in [2.24, 2.45) is 5.73 Å². The molecule has 168 valence electrons. The minimum absolute atomic E-state index is 0.00520. The van der Waals surface area contributed by atoms with Crippen LogP contribution in [0.4, 0.5) is 5.82 Å². The van der Waals surface area contributed by atoms with Crippen molar-refractivity contribution in [3.8, 4) is 0 Å². The SMILES string of the molecule is COC1CCSC1C(=O)N1CCCC[C@H]1c1cc2nc(N3CCC(N)C3)c(C)cn2n1. The van der Waals surface area contributed by atoms with Crippen LogP contribution >= 0.6 is 11.8 Å². The number of fused-ring (bicyclic) bond motifs is 1. The zero-order chi connectivity index (χ0) is 21.5. The second-order valence-corrected chi connectivity index (χ2v) is 10.3. The highest BCUT2D eigenvalue weighted by atomic mass is 32.2. The lowest BCUT2D eigenvalue weighted by Crippen LogP contribution is -2.45. The molecule has 1 amide bonds. The van der Waals surface area contributed by atoms with Crippen molar-refractivity contribution in [2.45, 2.75) is 62.5 Å². The van der Waals surface area contributed by atoms with Gasteiger partial charge in [0, 0.05) is 50.6 Å². The summed E-state index contributed by atoms with van der Waals surface area (Å²) in [6.45, 7) is 4.65. The molecule has 3 saturated heterocycles. The number of ether oxygens (including phenoxy) is 1. The third kappa shape index (κ3) is 3.91. The average molecular weight is 445 g/mol. The number of carbonyl (C=O) groups is 1. The molecular formula is C22H32N6O2S. The molecule has 5 rings (SSSR count). The minimum Gasteiger partial charge on any atom is -0.380 e. The fourth-order valence-corrected chi connectivity index (χ4v) is 6.55. The summed E-state index contributed by atoms with van der Waals surface area (Å²) in [5, 5.41) is 4.75. The molecule has 0 aromatic carbocycles. The highest BCUT2D eigenvalue weighted by Crippen LogP contribution is 2.36. The Morgan fingerprint density at radius 1 is 1.26 bits per heavy atom. The van der Waals surface area contributed by atoms with Gasteiger partial charge in [-0.15, -0.1) is 11.8 Å². The van der Waals surface area contributed by atoms with Gasteiger partial charge in [0.2, 0.25) is 5.91 Å². The topological polar surface area (TPSA) is 89.0 Å². The first-order chi connectivity index (χ1) is 15.0. The van der Waals surface area contributed by atoms with Crippen molar-refractivity contribution in [3.05, 3.63) is 23.5 Å². The Labute approximate surface area is 187 Å². The number of thioether (sulfide) groups is 1. The third-order valence-electron chi connectivity index (χ3n) is 6.86. The van der Waals surface area contributed by atoms with E-state index in [1.54, 1.807) is 18.9 Å². The molecule has 31 heavy (non-hydrogen) atoms. The summed E-state index contributed by atoms with van der Waals surface area (Å²) in [6, 6.07) is 2.28. The van der Waals surface area contributed by atoms with Gasteiger partial charge >= 0.3 is 0 Å². The van der Waals surface area contributed by atoms with E-state index >= 15 is 0 Å². The summed E-state index contributed by atoms with van der Waals surface area (Å²) in [5.74, 6) is 2.18. The second kappa shape index (κ2) is 8.60. The van der Waals surface area contributed by atoms with Gasteiger partial charge in [-0.3, -0.25) is 4.79 Å². The van der Waals surface area contributed by atoms with E-state index in [1.807, 2.05) is 15.6 Å². The van der Waals surface area contributed by atoms with Gasteiger partial charge in [0.15, 0.2) is 5.65 Å². The van der Waals surface area contributed by atoms with Crippen LogP contribution in [0.15, 0.2) is 12.3 Å². The van der Waals surface area contributed by atoms with Gasteiger partial charge in [-0.25, -0.2) is 9.50 Å². The van der Waals surface area contributed by atoms with Crippen molar-refractivity contribution in [1.29, 1.82) is 0 Å². The molecule has 9 heteroatoms. The van der Waals surface area contributed by atoms with Crippen LogP contribution < -0.4 is 10.6 Å². The molecule has 3 aliphatic heterocycles. The van der Waals surface area contributed by atoms with Crippen molar-refractivity contribution in [3.63, 3.8) is 0 Å². The van der Waals surface area contributed by atoms with Crippen molar-refractivity contribution in [1.82, 2.24) is 19.5 Å². The van der Waals surface area contributed by atoms with E-state index < -0.39 is 0 Å². The number of anilines is 1. The number of piperidine rings is 1. The molecule has 0 saturated carbocycles. The van der Waals surface area contributed by atoms with E-state index in [-0.39, 0.29) is 29.3 Å². The van der Waals surface area contributed by atoms with Gasteiger partial charge in [-0.1, -0.05) is 0 Å². The van der Waals surface area contributed by atoms with E-state index in [2.05, 4.69) is 17.9 Å². The number of aryl methyl sites for hydroxylation is 1. The molecular weight excluding hydrogens is 412 g/mol. The van der Waals surface area contributed by atoms with E-state index in [1.165, 1.54) is 0 Å². The molecule has 3 unspecified atom stereocenters. The maximum atomic E-state index is 13.4. The Hall–Kier alpha value is -1.84. The van der Waals surface area contributed by atoms with Crippen LogP contribution in [0.2, 0.25) is 0 Å². The van der Waals surface area contributed by atoms with Crippen LogP contribution in [0.25, 0.3) is 5.65 Å². The lowest BCUT2D eigenvalue weighted by molar-refractivity contribution is -0.136. The van der Waals surface area contributed by atoms with Crippen LogP contribution in [0.3, 0.4) is 0 Å². The Morgan fingerprint density at radius 2 is 2.13 bits per heavy atom. The number of methoxy groups -OCH3 is 1. The predicted molar refractivity (Wildman–Crippen MR) is 122 cm³/mol. The van der Waals surface area contributed by atoms with Crippen LogP contribution in [0.1, 0.15) is 49.4 Å². The normalized spacial score (nSPS) is 29.3. The Morgan fingerprint density at radius 3 is 2.90 bits per heavy atom. The molecule has 2 aromatic rings. The minimum atomic E-state index is -0.103. The molecule has 2 N–H and O–H groups in total. The van der Waals surface area contributed by atoms with Crippen molar-refractivity contribution in [2.75, 3.05) is 37.4 Å². The first-order valence-electron chi connectivity index (χ1n) is 11.4. The van der Waals surface area contributed by atoms with Crippen LogP contribution in [-0.2, 0) is 9.53 Å². The Kier molecular flexibility index (Phi) is 5.83. The third-order valence-corrected chi connectivity index (χ3v) is 8.19. The Balaban J connectivity index is 1.43. The largest absolute Gasteiger partial charge is 0.380 e. The highest BCUT2D eigenvalue weighted by molar-refractivity contribution is 8.00. The van der Waals surface area contributed by atoms with Crippen molar-refractivity contribution < 1.29 is 9.53 Å². The van der Waals surface area contributed by atoms with Crippen molar-refractivity contribution >= 4 is 29.1 Å². The number of nitrogens with two attached hydrogens (primary N) is 1. The molecule has 0 bridgehead atoms. The number of carbonyl (C=O) groups excluding carboxylic acids is 1. The molecule has 0 aliphatic carbocycles. The van der Waals surface area contributed by atoms with Gasteiger partial charge in [0.05, 0.1) is 17.8 Å². The van der Waals surface area contributed by atoms with Gasteiger partial charge in [0.1, 0.15) is 11.1 Å². The van der Waals surface area contributed by atoms with Crippen LogP contribution in [0, 0.1) is 6.92 Å². The lowest BCUT2D eigenvalue weighted by Gasteiger charge is -2.37. The maximum Gasteiger partial charge on any atom is 0.238 e. The van der Waals surface area contributed by atoms with E-state index in [0.29, 0.717) is 0 Å². The Bertz CT molecular complexity index is 965. The summed E-state index contributed by atoms with van der Waals surface area (Å²) < 4.78 is 7.46. The smallest absolute Gasteiger partial charge is 0.238 e. The number of hydrogen-bond donors (Lipinski definition) is 1. The molecule has 3 fully saturated rings. The molecule has 3 aliphatic rings. The molecule has 4 atom stereocenters. The van der Waals surface area contributed by atoms with E-state index in [0.717, 1.165) is 80.2 Å². The lowest BCUT2D eigenvalue weighted by atomic mass is 9.98. The zero-order valence-corrected chi connectivity index (χ0v) is 19.2. The van der Waals surface area contributed by atoms with Gasteiger partial charge < -0.3 is 20.3 Å². The monoisotopic (exact) mass is 444 g/mol. The first kappa shape index (κ1) is 21.0.